The predicted octanol–water partition coefficient (Wildman–Crippen LogP) is 1.07. The molecule has 17 heavy (non-hydrogen) atoms. The molecule has 0 atom stereocenters. The second-order valence-electron chi connectivity index (χ2n) is 4.02. The minimum atomic E-state index is -1.03. The molecule has 3 rings (SSSR count). The lowest BCUT2D eigenvalue weighted by Gasteiger charge is -2.11. The van der Waals surface area contributed by atoms with E-state index in [1.165, 1.54) is 0 Å². The summed E-state index contributed by atoms with van der Waals surface area (Å²) in [6.45, 7) is 0.832. The van der Waals surface area contributed by atoms with Crippen LogP contribution in [0.4, 0.5) is 0 Å². The van der Waals surface area contributed by atoms with Crippen molar-refractivity contribution < 1.29 is 24.2 Å². The van der Waals surface area contributed by atoms with Crippen molar-refractivity contribution in [3.63, 3.8) is 0 Å². The van der Waals surface area contributed by atoms with Gasteiger partial charge in [0.2, 0.25) is 0 Å². The summed E-state index contributed by atoms with van der Waals surface area (Å²) in [7, 11) is 0. The zero-order valence-electron chi connectivity index (χ0n) is 8.99. The van der Waals surface area contributed by atoms with Gasteiger partial charge in [0.1, 0.15) is 17.1 Å². The molecular formula is C12H10O5. The molecule has 0 bridgehead atoms. The Bertz CT molecular complexity index is 497. The van der Waals surface area contributed by atoms with Crippen LogP contribution in [-0.4, -0.2) is 30.6 Å². The van der Waals surface area contributed by atoms with E-state index >= 15 is 0 Å². The van der Waals surface area contributed by atoms with Crippen molar-refractivity contribution in [1.29, 1.82) is 0 Å². The lowest BCUT2D eigenvalue weighted by molar-refractivity contribution is 0.0691. The van der Waals surface area contributed by atoms with Gasteiger partial charge in [0.25, 0.3) is 0 Å². The van der Waals surface area contributed by atoms with Crippen LogP contribution in [0.5, 0.6) is 11.5 Å². The first-order chi connectivity index (χ1) is 8.24. The summed E-state index contributed by atoms with van der Waals surface area (Å²) in [5.41, 5.74) is 1.86. The van der Waals surface area contributed by atoms with Gasteiger partial charge in [0, 0.05) is 24.0 Å². The average molecular weight is 234 g/mol. The van der Waals surface area contributed by atoms with Crippen LogP contribution in [0.1, 0.15) is 31.8 Å². The molecule has 0 radical (unpaired) electrons. The molecule has 1 aromatic carbocycles. The van der Waals surface area contributed by atoms with Crippen LogP contribution in [0.2, 0.25) is 0 Å². The van der Waals surface area contributed by atoms with Crippen LogP contribution < -0.4 is 9.47 Å². The normalized spacial score (nSPS) is 15.8. The van der Waals surface area contributed by atoms with Gasteiger partial charge in [-0.1, -0.05) is 0 Å². The molecule has 0 unspecified atom stereocenters. The Hall–Kier alpha value is -2.04. The van der Waals surface area contributed by atoms with E-state index in [0.717, 1.165) is 6.29 Å². The second-order valence-corrected chi connectivity index (χ2v) is 4.02. The number of carboxylic acid groups (broad SMARTS) is 1. The van der Waals surface area contributed by atoms with Crippen LogP contribution in [0, 0.1) is 0 Å². The Balaban J connectivity index is 2.38. The Morgan fingerprint density at radius 2 is 1.76 bits per heavy atom. The number of carboxylic acids is 1. The summed E-state index contributed by atoms with van der Waals surface area (Å²) in [6.07, 6.45) is 1.79. The largest absolute Gasteiger partial charge is 0.492 e. The van der Waals surface area contributed by atoms with Crippen LogP contribution in [-0.2, 0) is 12.8 Å². The topological polar surface area (TPSA) is 72.8 Å². The van der Waals surface area contributed by atoms with E-state index < -0.39 is 5.97 Å². The minimum absolute atomic E-state index is 0.163. The maximum absolute atomic E-state index is 11.3. The first-order valence-corrected chi connectivity index (χ1v) is 5.39. The monoisotopic (exact) mass is 234 g/mol. The van der Waals surface area contributed by atoms with Gasteiger partial charge in [0.05, 0.1) is 18.8 Å². The van der Waals surface area contributed by atoms with Crippen molar-refractivity contribution in [2.45, 2.75) is 12.8 Å². The van der Waals surface area contributed by atoms with Crippen LogP contribution >= 0.6 is 0 Å². The smallest absolute Gasteiger partial charge is 0.339 e. The van der Waals surface area contributed by atoms with Crippen molar-refractivity contribution >= 4 is 12.3 Å². The molecule has 1 aromatic rings. The molecule has 1 N–H and O–H groups in total. The zero-order chi connectivity index (χ0) is 12.0. The van der Waals surface area contributed by atoms with E-state index in [9.17, 15) is 14.7 Å². The number of benzene rings is 1. The second kappa shape index (κ2) is 3.48. The maximum Gasteiger partial charge on any atom is 0.339 e. The van der Waals surface area contributed by atoms with Gasteiger partial charge >= 0.3 is 5.97 Å². The van der Waals surface area contributed by atoms with Crippen LogP contribution in [0.25, 0.3) is 0 Å². The van der Waals surface area contributed by atoms with Crippen molar-refractivity contribution in [2.75, 3.05) is 13.2 Å². The highest BCUT2D eigenvalue weighted by atomic mass is 16.5. The summed E-state index contributed by atoms with van der Waals surface area (Å²) in [5.74, 6) is -0.243. The van der Waals surface area contributed by atoms with Gasteiger partial charge in [0.15, 0.2) is 6.29 Å². The minimum Gasteiger partial charge on any atom is -0.492 e. The highest BCUT2D eigenvalue weighted by Gasteiger charge is 2.33. The summed E-state index contributed by atoms with van der Waals surface area (Å²) in [5, 5.41) is 9.25. The molecule has 2 aliphatic rings. The van der Waals surface area contributed by atoms with Gasteiger partial charge in [-0.15, -0.1) is 0 Å². The van der Waals surface area contributed by atoms with Crippen molar-refractivity contribution in [3.05, 3.63) is 22.3 Å². The number of rotatable bonds is 2. The molecule has 88 valence electrons. The number of carbonyl (C=O) groups excluding carboxylic acids is 1. The number of aromatic carboxylic acids is 1. The molecule has 0 saturated carbocycles. The van der Waals surface area contributed by atoms with E-state index in [0.29, 0.717) is 54.2 Å². The predicted molar refractivity (Wildman–Crippen MR) is 57.2 cm³/mol. The molecule has 0 saturated heterocycles. The van der Waals surface area contributed by atoms with E-state index in [1.807, 2.05) is 0 Å². The molecule has 5 heteroatoms. The SMILES string of the molecule is O=Cc1c2c(c(C(=O)O)c3c1OCC3)OCC2. The fourth-order valence-corrected chi connectivity index (χ4v) is 2.50. The fraction of sp³-hybridized carbons (Fsp3) is 0.333. The molecule has 5 nitrogen and oxygen atoms in total. The Morgan fingerprint density at radius 3 is 2.41 bits per heavy atom. The number of hydrogen-bond donors (Lipinski definition) is 1. The highest BCUT2D eigenvalue weighted by Crippen LogP contribution is 2.43. The number of aldehydes is 1. The van der Waals surface area contributed by atoms with Crippen LogP contribution in [0.3, 0.4) is 0 Å². The Labute approximate surface area is 97.0 Å². The third-order valence-electron chi connectivity index (χ3n) is 3.18. The van der Waals surface area contributed by atoms with Crippen LogP contribution in [0.15, 0.2) is 0 Å². The van der Waals surface area contributed by atoms with Crippen molar-refractivity contribution in [2.24, 2.45) is 0 Å². The van der Waals surface area contributed by atoms with Gasteiger partial charge in [-0.2, -0.15) is 0 Å². The summed E-state index contributed by atoms with van der Waals surface area (Å²) < 4.78 is 10.7. The van der Waals surface area contributed by atoms with E-state index in [-0.39, 0.29) is 5.56 Å². The quantitative estimate of drug-likeness (QED) is 0.775. The summed E-state index contributed by atoms with van der Waals surface area (Å²) in [4.78, 5) is 22.4. The summed E-state index contributed by atoms with van der Waals surface area (Å²) >= 11 is 0. The molecule has 0 spiro atoms. The number of carbonyl (C=O) groups is 2. The molecule has 0 aromatic heterocycles. The Kier molecular flexibility index (Phi) is 2.07. The van der Waals surface area contributed by atoms with E-state index in [4.69, 9.17) is 9.47 Å². The molecule has 2 heterocycles. The molecule has 2 aliphatic heterocycles. The Morgan fingerprint density at radius 1 is 1.12 bits per heavy atom. The van der Waals surface area contributed by atoms with Gasteiger partial charge in [-0.3, -0.25) is 4.79 Å². The third kappa shape index (κ3) is 1.25. The standard InChI is InChI=1S/C12H10O5/c13-5-8-6-1-3-17-11(6)9(12(14)15)7-2-4-16-10(7)8/h5H,1-4H2,(H,14,15). The third-order valence-corrected chi connectivity index (χ3v) is 3.18. The number of ether oxygens (including phenoxy) is 2. The molecule has 0 aliphatic carbocycles. The highest BCUT2D eigenvalue weighted by molar-refractivity contribution is 5.98. The number of hydrogen-bond acceptors (Lipinski definition) is 4. The first kappa shape index (κ1) is 10.1. The fourth-order valence-electron chi connectivity index (χ4n) is 2.50. The lowest BCUT2D eigenvalue weighted by Crippen LogP contribution is -2.06. The maximum atomic E-state index is 11.3. The zero-order valence-corrected chi connectivity index (χ0v) is 8.99. The average Bonchev–Trinajstić information content (AvgIpc) is 2.92. The van der Waals surface area contributed by atoms with Gasteiger partial charge in [-0.25, -0.2) is 4.79 Å². The number of fused-ring (bicyclic) bond motifs is 2. The van der Waals surface area contributed by atoms with Gasteiger partial charge in [-0.05, 0) is 0 Å². The van der Waals surface area contributed by atoms with Crippen molar-refractivity contribution in [3.8, 4) is 11.5 Å². The lowest BCUT2D eigenvalue weighted by atomic mass is 9.95. The van der Waals surface area contributed by atoms with Crippen molar-refractivity contribution in [1.82, 2.24) is 0 Å². The molecule has 0 fully saturated rings. The van der Waals surface area contributed by atoms with Gasteiger partial charge < -0.3 is 14.6 Å². The first-order valence-electron chi connectivity index (χ1n) is 5.39. The molecule has 0 amide bonds. The molecular weight excluding hydrogens is 224 g/mol. The van der Waals surface area contributed by atoms with E-state index in [1.54, 1.807) is 0 Å². The summed E-state index contributed by atoms with van der Waals surface area (Å²) in [6, 6.07) is 0. The van der Waals surface area contributed by atoms with E-state index in [2.05, 4.69) is 0 Å².